The van der Waals surface area contributed by atoms with Crippen molar-refractivity contribution in [1.82, 2.24) is 24.4 Å². The number of carboxylic acids is 2. The fourth-order valence-electron chi connectivity index (χ4n) is 3.59. The number of likely N-dealkylation sites (N-methyl/N-ethyl adjacent to an activating group) is 1. The van der Waals surface area contributed by atoms with E-state index in [1.165, 1.54) is 0 Å². The van der Waals surface area contributed by atoms with Gasteiger partial charge in [0.25, 0.3) is 0 Å². The highest BCUT2D eigenvalue weighted by atomic mass is 19.4. The Hall–Kier alpha value is -4.41. The lowest BCUT2D eigenvalue weighted by Crippen LogP contribution is -2.42. The van der Waals surface area contributed by atoms with Gasteiger partial charge >= 0.3 is 24.3 Å². The first-order valence-corrected chi connectivity index (χ1v) is 12.2. The lowest BCUT2D eigenvalue weighted by molar-refractivity contribution is -0.193. The Kier molecular flexibility index (Phi) is 11.6. The number of carboxylic acid groups (broad SMARTS) is 2. The molecular weight excluding hydrogens is 578 g/mol. The molecule has 42 heavy (non-hydrogen) atoms. The molecule has 3 N–H and O–H groups in total. The second-order valence-electron chi connectivity index (χ2n) is 9.18. The molecule has 1 aliphatic heterocycles. The van der Waals surface area contributed by atoms with E-state index in [0.717, 1.165) is 48.8 Å². The number of aromatic nitrogens is 3. The maximum atomic E-state index is 12.2. The van der Waals surface area contributed by atoms with Gasteiger partial charge in [0.1, 0.15) is 0 Å². The number of para-hydroxylation sites is 1. The number of amides is 1. The van der Waals surface area contributed by atoms with Crippen LogP contribution >= 0.6 is 0 Å². The molecule has 0 atom stereocenters. The first-order chi connectivity index (χ1) is 19.5. The van der Waals surface area contributed by atoms with E-state index in [0.29, 0.717) is 12.5 Å². The molecule has 1 aliphatic rings. The van der Waals surface area contributed by atoms with Crippen LogP contribution in [0.1, 0.15) is 24.6 Å². The molecule has 4 rings (SSSR count). The molecule has 3 aromatic rings. The summed E-state index contributed by atoms with van der Waals surface area (Å²) in [5.41, 5.74) is 2.86. The first-order valence-electron chi connectivity index (χ1n) is 12.2. The van der Waals surface area contributed by atoms with Crippen LogP contribution in [0.25, 0.3) is 5.65 Å². The fourth-order valence-corrected chi connectivity index (χ4v) is 3.59. The number of rotatable bonds is 5. The number of hydrogen-bond donors (Lipinski definition) is 3. The predicted octanol–water partition coefficient (Wildman–Crippen LogP) is 4.01. The smallest absolute Gasteiger partial charge is 0.475 e. The van der Waals surface area contributed by atoms with Crippen LogP contribution in [0.4, 0.5) is 37.7 Å². The minimum Gasteiger partial charge on any atom is -0.475 e. The largest absolute Gasteiger partial charge is 0.490 e. The number of hydrogen-bond acceptors (Lipinski definition) is 7. The quantitative estimate of drug-likeness (QED) is 0.368. The van der Waals surface area contributed by atoms with E-state index in [-0.39, 0.29) is 5.91 Å². The Bertz CT molecular complexity index is 1320. The molecule has 0 unspecified atom stereocenters. The van der Waals surface area contributed by atoms with Crippen LogP contribution in [0.15, 0.2) is 48.7 Å². The van der Waals surface area contributed by atoms with Crippen LogP contribution in [0.5, 0.6) is 0 Å². The van der Waals surface area contributed by atoms with Crippen molar-refractivity contribution >= 4 is 34.9 Å². The number of fused-ring (bicyclic) bond motifs is 1. The van der Waals surface area contributed by atoms with Crippen LogP contribution in [-0.4, -0.2) is 98.5 Å². The van der Waals surface area contributed by atoms with Gasteiger partial charge in [-0.15, -0.1) is 0 Å². The molecule has 3 heterocycles. The Balaban J connectivity index is 0.000000367. The molecule has 2 aromatic heterocycles. The van der Waals surface area contributed by atoms with Crippen molar-refractivity contribution in [3.8, 4) is 0 Å². The molecule has 11 nitrogen and oxygen atoms in total. The molecule has 0 spiro atoms. The summed E-state index contributed by atoms with van der Waals surface area (Å²) >= 11 is 0. The molecule has 17 heteroatoms. The normalized spacial score (nSPS) is 14.0. The maximum Gasteiger partial charge on any atom is 0.490 e. The third kappa shape index (κ3) is 10.9. The van der Waals surface area contributed by atoms with Gasteiger partial charge in [-0.25, -0.2) is 19.1 Å². The lowest BCUT2D eigenvalue weighted by Gasteiger charge is -2.31. The van der Waals surface area contributed by atoms with Gasteiger partial charge < -0.3 is 25.3 Å². The number of pyridine rings is 1. The number of benzene rings is 1. The molecule has 0 bridgehead atoms. The van der Waals surface area contributed by atoms with Crippen molar-refractivity contribution in [2.45, 2.75) is 31.1 Å². The van der Waals surface area contributed by atoms with Gasteiger partial charge in [0, 0.05) is 24.7 Å². The average molecular weight is 607 g/mol. The zero-order chi connectivity index (χ0) is 31.7. The van der Waals surface area contributed by atoms with Crippen molar-refractivity contribution in [3.05, 3.63) is 54.5 Å². The Labute approximate surface area is 235 Å². The van der Waals surface area contributed by atoms with Gasteiger partial charge in [0.15, 0.2) is 11.5 Å². The van der Waals surface area contributed by atoms with Crippen LogP contribution < -0.4 is 5.32 Å². The molecule has 1 amide bonds. The Morgan fingerprint density at radius 3 is 1.90 bits per heavy atom. The van der Waals surface area contributed by atoms with Crippen molar-refractivity contribution < 1.29 is 50.9 Å². The van der Waals surface area contributed by atoms with Crippen molar-refractivity contribution in [2.24, 2.45) is 0 Å². The molecule has 0 saturated carbocycles. The van der Waals surface area contributed by atoms with E-state index in [1.54, 1.807) is 0 Å². The summed E-state index contributed by atoms with van der Waals surface area (Å²) in [4.78, 5) is 38.6. The number of alkyl halides is 6. The van der Waals surface area contributed by atoms with Crippen molar-refractivity contribution in [3.63, 3.8) is 0 Å². The summed E-state index contributed by atoms with van der Waals surface area (Å²) in [5.74, 6) is -4.14. The summed E-state index contributed by atoms with van der Waals surface area (Å²) in [6.07, 6.45) is -6.38. The second-order valence-corrected chi connectivity index (χ2v) is 9.18. The number of piperidine rings is 1. The summed E-state index contributed by atoms with van der Waals surface area (Å²) in [7, 11) is 3.85. The molecule has 230 valence electrons. The van der Waals surface area contributed by atoms with Gasteiger partial charge in [-0.05, 0) is 51.2 Å². The molecular formula is C25H28F6N6O5. The van der Waals surface area contributed by atoms with E-state index in [9.17, 15) is 31.1 Å². The van der Waals surface area contributed by atoms with Gasteiger partial charge in [-0.3, -0.25) is 4.79 Å². The van der Waals surface area contributed by atoms with Crippen LogP contribution in [0.2, 0.25) is 0 Å². The number of halogens is 6. The number of nitrogens with one attached hydrogen (secondary N) is 1. The maximum absolute atomic E-state index is 12.2. The van der Waals surface area contributed by atoms with Gasteiger partial charge in [0.2, 0.25) is 5.91 Å². The van der Waals surface area contributed by atoms with Gasteiger partial charge in [-0.2, -0.15) is 31.4 Å². The number of aliphatic carboxylic acids is 2. The standard InChI is InChI=1S/C21H26N6O.2C2HF3O2/c1-25(2)15-20(28)26-12-10-16(11-13-26)21-23-19-9-8-18(14-27(19)24-21)22-17-6-4-3-5-7-17;2*3-2(4,5)1(6)7/h3-9,14,16,22H,10-13,15H2,1-2H3;2*(H,6,7). The highest BCUT2D eigenvalue weighted by Crippen LogP contribution is 2.27. The minimum atomic E-state index is -5.08. The zero-order valence-corrected chi connectivity index (χ0v) is 22.4. The van der Waals surface area contributed by atoms with Crippen molar-refractivity contribution in [1.29, 1.82) is 0 Å². The zero-order valence-electron chi connectivity index (χ0n) is 22.4. The Morgan fingerprint density at radius 2 is 1.43 bits per heavy atom. The third-order valence-corrected chi connectivity index (χ3v) is 5.56. The van der Waals surface area contributed by atoms with Crippen LogP contribution in [-0.2, 0) is 14.4 Å². The van der Waals surface area contributed by atoms with Gasteiger partial charge in [0.05, 0.1) is 18.4 Å². The van der Waals surface area contributed by atoms with E-state index in [1.807, 2.05) is 77.1 Å². The topological polar surface area (TPSA) is 140 Å². The highest BCUT2D eigenvalue weighted by Gasteiger charge is 2.38. The number of carbonyl (C=O) groups excluding carboxylic acids is 1. The molecule has 1 fully saturated rings. The summed E-state index contributed by atoms with van der Waals surface area (Å²) in [6.45, 7) is 2.01. The number of likely N-dealkylation sites (tertiary alicyclic amines) is 1. The number of nitrogens with zero attached hydrogens (tertiary/aromatic N) is 5. The molecule has 1 aromatic carbocycles. The molecule has 0 aliphatic carbocycles. The third-order valence-electron chi connectivity index (χ3n) is 5.56. The van der Waals surface area contributed by atoms with E-state index in [2.05, 4.69) is 5.32 Å². The highest BCUT2D eigenvalue weighted by molar-refractivity contribution is 5.78. The van der Waals surface area contributed by atoms with Crippen LogP contribution in [0, 0.1) is 0 Å². The summed E-state index contributed by atoms with van der Waals surface area (Å²) in [5, 5.41) is 22.3. The van der Waals surface area contributed by atoms with Gasteiger partial charge in [-0.1, -0.05) is 18.2 Å². The van der Waals surface area contributed by atoms with Crippen LogP contribution in [0.3, 0.4) is 0 Å². The van der Waals surface area contributed by atoms with E-state index < -0.39 is 24.3 Å². The number of carbonyl (C=O) groups is 3. The van der Waals surface area contributed by atoms with E-state index >= 15 is 0 Å². The van der Waals surface area contributed by atoms with E-state index in [4.69, 9.17) is 29.9 Å². The average Bonchev–Trinajstić information content (AvgIpc) is 3.32. The summed E-state index contributed by atoms with van der Waals surface area (Å²) < 4.78 is 65.3. The second kappa shape index (κ2) is 14.5. The SMILES string of the molecule is CN(C)CC(=O)N1CCC(c2nc3ccc(Nc4ccccc4)cn3n2)CC1.O=C(O)C(F)(F)F.O=C(O)C(F)(F)F. The predicted molar refractivity (Wildman–Crippen MR) is 137 cm³/mol. The monoisotopic (exact) mass is 606 g/mol. The first kappa shape index (κ1) is 33.8. The molecule has 0 radical (unpaired) electrons. The number of anilines is 2. The summed E-state index contributed by atoms with van der Waals surface area (Å²) in [6, 6.07) is 14.1. The minimum absolute atomic E-state index is 0.197. The lowest BCUT2D eigenvalue weighted by atomic mass is 9.96. The fraction of sp³-hybridized carbons (Fsp3) is 0.400. The Morgan fingerprint density at radius 1 is 0.905 bits per heavy atom. The molecule has 1 saturated heterocycles. The van der Waals surface area contributed by atoms with Crippen molar-refractivity contribution in [2.75, 3.05) is 39.0 Å².